The van der Waals surface area contributed by atoms with Gasteiger partial charge in [0.2, 0.25) is 0 Å². The van der Waals surface area contributed by atoms with Gasteiger partial charge in [-0.3, -0.25) is 4.79 Å². The predicted octanol–water partition coefficient (Wildman–Crippen LogP) is 4.78. The second-order valence-corrected chi connectivity index (χ2v) is 9.72. The van der Waals surface area contributed by atoms with Crippen molar-refractivity contribution in [3.8, 4) is 6.07 Å². The van der Waals surface area contributed by atoms with Gasteiger partial charge < -0.3 is 14.8 Å². The molecule has 1 aliphatic carbocycles. The summed E-state index contributed by atoms with van der Waals surface area (Å²) in [7, 11) is 4.04. The lowest BCUT2D eigenvalue weighted by Crippen LogP contribution is -2.36. The van der Waals surface area contributed by atoms with Gasteiger partial charge >= 0.3 is 0 Å². The molecular weight excluding hydrogens is 408 g/mol. The summed E-state index contributed by atoms with van der Waals surface area (Å²) in [6.45, 7) is 5.83. The fourth-order valence-electron chi connectivity index (χ4n) is 4.56. The van der Waals surface area contributed by atoms with E-state index >= 15 is 0 Å². The Hall–Kier alpha value is -2.81. The molecule has 0 unspecified atom stereocenters. The molecule has 1 N–H and O–H groups in total. The molecule has 1 aromatic heterocycles. The van der Waals surface area contributed by atoms with Gasteiger partial charge in [0, 0.05) is 29.0 Å². The highest BCUT2D eigenvalue weighted by atomic mass is 35.5. The third-order valence-electron chi connectivity index (χ3n) is 6.16. The minimum absolute atomic E-state index is 0.112. The molecule has 4 rings (SSSR count). The normalized spacial score (nSPS) is 17.0. The van der Waals surface area contributed by atoms with Gasteiger partial charge in [0.1, 0.15) is 5.69 Å². The van der Waals surface area contributed by atoms with Crippen LogP contribution in [0.4, 0.5) is 0 Å². The number of benzene rings is 2. The van der Waals surface area contributed by atoms with Gasteiger partial charge in [-0.1, -0.05) is 31.5 Å². The van der Waals surface area contributed by atoms with Gasteiger partial charge in [0.25, 0.3) is 5.91 Å². The van der Waals surface area contributed by atoms with E-state index in [0.29, 0.717) is 22.8 Å². The molecule has 0 saturated carbocycles. The van der Waals surface area contributed by atoms with Crippen LogP contribution in [-0.2, 0) is 13.0 Å². The SMILES string of the molecule is CN(C)CCn1c(C(=O)N[C@H]2c3cc(C#N)ccc3CC2(C)C)cc2cc(Cl)ccc21. The molecule has 5 nitrogen and oxygen atoms in total. The number of carbonyl (C=O) groups excluding carboxylic acids is 1. The summed E-state index contributed by atoms with van der Waals surface area (Å²) in [6, 6.07) is 15.5. The van der Waals surface area contributed by atoms with E-state index in [1.54, 1.807) is 0 Å². The van der Waals surface area contributed by atoms with E-state index in [1.165, 1.54) is 5.56 Å². The minimum Gasteiger partial charge on any atom is -0.343 e. The summed E-state index contributed by atoms with van der Waals surface area (Å²) < 4.78 is 2.07. The van der Waals surface area contributed by atoms with E-state index in [4.69, 9.17) is 11.6 Å². The molecule has 31 heavy (non-hydrogen) atoms. The first-order valence-corrected chi connectivity index (χ1v) is 10.8. The van der Waals surface area contributed by atoms with Crippen LogP contribution in [0, 0.1) is 16.7 Å². The monoisotopic (exact) mass is 434 g/mol. The number of amides is 1. The van der Waals surface area contributed by atoms with E-state index in [1.807, 2.05) is 56.6 Å². The summed E-state index contributed by atoms with van der Waals surface area (Å²) in [5.74, 6) is -0.112. The van der Waals surface area contributed by atoms with Crippen molar-refractivity contribution in [3.63, 3.8) is 0 Å². The topological polar surface area (TPSA) is 61.1 Å². The molecule has 0 fully saturated rings. The number of nitriles is 1. The Morgan fingerprint density at radius 1 is 1.26 bits per heavy atom. The van der Waals surface area contributed by atoms with Crippen LogP contribution in [0.1, 0.15) is 47.1 Å². The Morgan fingerprint density at radius 2 is 2.03 bits per heavy atom. The minimum atomic E-state index is -0.160. The van der Waals surface area contributed by atoms with Crippen LogP contribution in [0.2, 0.25) is 5.02 Å². The highest BCUT2D eigenvalue weighted by molar-refractivity contribution is 6.31. The van der Waals surface area contributed by atoms with Crippen molar-refractivity contribution in [3.05, 3.63) is 69.9 Å². The number of nitrogens with one attached hydrogen (secondary N) is 1. The summed E-state index contributed by atoms with van der Waals surface area (Å²) in [6.07, 6.45) is 0.859. The average Bonchev–Trinajstić information content (AvgIpc) is 3.19. The Morgan fingerprint density at radius 3 is 2.74 bits per heavy atom. The number of aromatic nitrogens is 1. The Bertz CT molecular complexity index is 1200. The molecule has 1 amide bonds. The van der Waals surface area contributed by atoms with Crippen LogP contribution in [0.25, 0.3) is 10.9 Å². The van der Waals surface area contributed by atoms with Gasteiger partial charge in [-0.25, -0.2) is 0 Å². The van der Waals surface area contributed by atoms with E-state index < -0.39 is 0 Å². The number of carbonyl (C=O) groups is 1. The largest absolute Gasteiger partial charge is 0.343 e. The maximum absolute atomic E-state index is 13.5. The van der Waals surface area contributed by atoms with Crippen molar-refractivity contribution < 1.29 is 4.79 Å². The lowest BCUT2D eigenvalue weighted by molar-refractivity contribution is 0.0894. The van der Waals surface area contributed by atoms with E-state index in [2.05, 4.69) is 34.7 Å². The molecule has 0 aliphatic heterocycles. The maximum Gasteiger partial charge on any atom is 0.268 e. The molecule has 2 aromatic carbocycles. The summed E-state index contributed by atoms with van der Waals surface area (Å²) >= 11 is 6.20. The van der Waals surface area contributed by atoms with Gasteiger partial charge in [0.15, 0.2) is 0 Å². The van der Waals surface area contributed by atoms with Crippen LogP contribution in [0.15, 0.2) is 42.5 Å². The zero-order valence-electron chi connectivity index (χ0n) is 18.4. The molecule has 160 valence electrons. The summed E-state index contributed by atoms with van der Waals surface area (Å²) in [5.41, 5.74) is 4.32. The Labute approximate surface area is 188 Å². The highest BCUT2D eigenvalue weighted by Gasteiger charge is 2.40. The second-order valence-electron chi connectivity index (χ2n) is 9.28. The van der Waals surface area contributed by atoms with Crippen LogP contribution in [-0.4, -0.2) is 36.0 Å². The number of likely N-dealkylation sites (N-methyl/N-ethyl adjacent to an activating group) is 1. The lowest BCUT2D eigenvalue weighted by atomic mass is 9.85. The fraction of sp³-hybridized carbons (Fsp3) is 0.360. The third-order valence-corrected chi connectivity index (χ3v) is 6.39. The number of hydrogen-bond acceptors (Lipinski definition) is 3. The number of hydrogen-bond donors (Lipinski definition) is 1. The highest BCUT2D eigenvalue weighted by Crippen LogP contribution is 2.45. The van der Waals surface area contributed by atoms with Gasteiger partial charge in [-0.05, 0) is 73.5 Å². The number of halogens is 1. The van der Waals surface area contributed by atoms with Gasteiger partial charge in [0.05, 0.1) is 17.7 Å². The quantitative estimate of drug-likeness (QED) is 0.628. The standard InChI is InChI=1S/C25H27ClN4O/c1-25(2)14-17-6-5-16(15-27)11-20(17)23(25)28-24(31)22-13-18-12-19(26)7-8-21(18)30(22)10-9-29(3)4/h5-8,11-13,23H,9-10,14H2,1-4H3,(H,28,31)/t23-/m0/s1. The fourth-order valence-corrected chi connectivity index (χ4v) is 4.74. The van der Waals surface area contributed by atoms with Crippen molar-refractivity contribution in [2.24, 2.45) is 5.41 Å². The number of fused-ring (bicyclic) bond motifs is 2. The van der Waals surface area contributed by atoms with E-state index in [0.717, 1.165) is 29.4 Å². The van der Waals surface area contributed by atoms with Crippen molar-refractivity contribution in [1.82, 2.24) is 14.8 Å². The lowest BCUT2D eigenvalue weighted by Gasteiger charge is -2.29. The van der Waals surface area contributed by atoms with Crippen LogP contribution < -0.4 is 5.32 Å². The van der Waals surface area contributed by atoms with Crippen molar-refractivity contribution >= 4 is 28.4 Å². The maximum atomic E-state index is 13.5. The molecule has 1 aliphatic rings. The van der Waals surface area contributed by atoms with Gasteiger partial charge in [-0.15, -0.1) is 0 Å². The van der Waals surface area contributed by atoms with Crippen LogP contribution in [0.5, 0.6) is 0 Å². The smallest absolute Gasteiger partial charge is 0.268 e. The molecular formula is C25H27ClN4O. The molecule has 6 heteroatoms. The van der Waals surface area contributed by atoms with Gasteiger partial charge in [-0.2, -0.15) is 5.26 Å². The zero-order valence-corrected chi connectivity index (χ0v) is 19.1. The Kier molecular flexibility index (Phi) is 5.55. The van der Waals surface area contributed by atoms with Crippen molar-refractivity contribution in [2.75, 3.05) is 20.6 Å². The first-order chi connectivity index (χ1) is 14.7. The average molecular weight is 435 g/mol. The van der Waals surface area contributed by atoms with Crippen LogP contribution >= 0.6 is 11.6 Å². The molecule has 1 atom stereocenters. The molecule has 0 radical (unpaired) electrons. The third kappa shape index (κ3) is 4.06. The molecule has 0 spiro atoms. The summed E-state index contributed by atoms with van der Waals surface area (Å²) in [5, 5.41) is 14.2. The molecule has 3 aromatic rings. The number of rotatable bonds is 5. The van der Waals surface area contributed by atoms with Crippen molar-refractivity contribution in [2.45, 2.75) is 32.9 Å². The number of nitrogens with zero attached hydrogens (tertiary/aromatic N) is 3. The first kappa shape index (κ1) is 21.4. The van der Waals surface area contributed by atoms with E-state index in [9.17, 15) is 10.1 Å². The predicted molar refractivity (Wildman–Crippen MR) is 124 cm³/mol. The Balaban J connectivity index is 1.72. The van der Waals surface area contributed by atoms with Crippen molar-refractivity contribution in [1.29, 1.82) is 5.26 Å². The van der Waals surface area contributed by atoms with E-state index in [-0.39, 0.29) is 17.4 Å². The van der Waals surface area contributed by atoms with Crippen LogP contribution in [0.3, 0.4) is 0 Å². The molecule has 1 heterocycles. The first-order valence-electron chi connectivity index (χ1n) is 10.5. The summed E-state index contributed by atoms with van der Waals surface area (Å²) in [4.78, 5) is 15.6. The zero-order chi connectivity index (χ0) is 22.3. The second kappa shape index (κ2) is 8.03. The molecule has 0 saturated heterocycles. The molecule has 0 bridgehead atoms.